The quantitative estimate of drug-likeness (QED) is 0.177. The van der Waals surface area contributed by atoms with Gasteiger partial charge in [0.2, 0.25) is 0 Å². The van der Waals surface area contributed by atoms with E-state index in [9.17, 15) is 0 Å². The molecule has 1 heterocycles. The SMILES string of the molecule is CC1(C)c2cc(-c3ccc(N(c4ccccc4)c4cccc5c4oc4ccccc45)cc3)ccc2-c2c(-c3ccc4ccccc4c3)ccc3cccc1c23. The first-order chi connectivity index (χ1) is 27.0. The molecule has 0 radical (unpaired) electrons. The maximum absolute atomic E-state index is 6.53. The smallest absolute Gasteiger partial charge is 0.159 e. The molecule has 1 aliphatic rings. The van der Waals surface area contributed by atoms with Crippen molar-refractivity contribution < 1.29 is 4.42 Å². The molecule has 260 valence electrons. The van der Waals surface area contributed by atoms with Gasteiger partial charge >= 0.3 is 0 Å². The summed E-state index contributed by atoms with van der Waals surface area (Å²) in [5, 5.41) is 7.41. The lowest BCUT2D eigenvalue weighted by Crippen LogP contribution is -2.24. The Hall–Kier alpha value is -6.90. The van der Waals surface area contributed by atoms with Gasteiger partial charge in [-0.2, -0.15) is 0 Å². The molecule has 11 rings (SSSR count). The number of hydrogen-bond donors (Lipinski definition) is 0. The molecular weight excluding hydrogens is 667 g/mol. The Morgan fingerprint density at radius 2 is 1.09 bits per heavy atom. The highest BCUT2D eigenvalue weighted by Gasteiger charge is 2.35. The first-order valence-corrected chi connectivity index (χ1v) is 19.1. The van der Waals surface area contributed by atoms with Crippen LogP contribution in [0.25, 0.3) is 76.9 Å². The van der Waals surface area contributed by atoms with Gasteiger partial charge in [-0.1, -0.05) is 153 Å². The fraction of sp³-hybridized carbons (Fsp3) is 0.0566. The van der Waals surface area contributed by atoms with Gasteiger partial charge in [-0.15, -0.1) is 0 Å². The van der Waals surface area contributed by atoms with E-state index < -0.39 is 0 Å². The molecule has 0 N–H and O–H groups in total. The van der Waals surface area contributed by atoms with Crippen LogP contribution in [0, 0.1) is 0 Å². The largest absolute Gasteiger partial charge is 0.454 e. The van der Waals surface area contributed by atoms with Crippen LogP contribution < -0.4 is 4.90 Å². The summed E-state index contributed by atoms with van der Waals surface area (Å²) in [6.07, 6.45) is 0. The number of furan rings is 1. The van der Waals surface area contributed by atoms with Crippen molar-refractivity contribution in [1.82, 2.24) is 0 Å². The Labute approximate surface area is 320 Å². The third-order valence-corrected chi connectivity index (χ3v) is 11.8. The predicted octanol–water partition coefficient (Wildman–Crippen LogP) is 15.0. The second-order valence-electron chi connectivity index (χ2n) is 15.3. The number of fused-ring (bicyclic) bond motifs is 6. The van der Waals surface area contributed by atoms with Crippen LogP contribution >= 0.6 is 0 Å². The van der Waals surface area contributed by atoms with Gasteiger partial charge in [-0.25, -0.2) is 0 Å². The van der Waals surface area contributed by atoms with Gasteiger partial charge in [0.1, 0.15) is 5.58 Å². The molecule has 0 unspecified atom stereocenters. The minimum Gasteiger partial charge on any atom is -0.454 e. The molecule has 2 nitrogen and oxygen atoms in total. The molecule has 0 saturated heterocycles. The van der Waals surface area contributed by atoms with Crippen LogP contribution in [0.1, 0.15) is 25.0 Å². The Kier molecular flexibility index (Phi) is 6.93. The maximum Gasteiger partial charge on any atom is 0.159 e. The zero-order valence-corrected chi connectivity index (χ0v) is 30.8. The van der Waals surface area contributed by atoms with Crippen molar-refractivity contribution in [2.75, 3.05) is 4.90 Å². The molecule has 1 aliphatic carbocycles. The van der Waals surface area contributed by atoms with E-state index in [1.165, 1.54) is 66.1 Å². The predicted molar refractivity (Wildman–Crippen MR) is 232 cm³/mol. The minimum atomic E-state index is -0.185. The molecular formula is C53H37NO. The fourth-order valence-electron chi connectivity index (χ4n) is 9.10. The van der Waals surface area contributed by atoms with E-state index in [2.05, 4.69) is 195 Å². The monoisotopic (exact) mass is 703 g/mol. The van der Waals surface area contributed by atoms with Gasteiger partial charge in [0.15, 0.2) is 5.58 Å². The van der Waals surface area contributed by atoms with Crippen molar-refractivity contribution in [2.45, 2.75) is 19.3 Å². The summed E-state index contributed by atoms with van der Waals surface area (Å²) in [5.74, 6) is 0. The van der Waals surface area contributed by atoms with Crippen LogP contribution in [0.4, 0.5) is 17.1 Å². The molecule has 0 amide bonds. The lowest BCUT2D eigenvalue weighted by molar-refractivity contribution is 0.645. The van der Waals surface area contributed by atoms with E-state index >= 15 is 0 Å². The van der Waals surface area contributed by atoms with Crippen LogP contribution in [0.5, 0.6) is 0 Å². The van der Waals surface area contributed by atoms with E-state index in [1.807, 2.05) is 12.1 Å². The second-order valence-corrected chi connectivity index (χ2v) is 15.3. The summed E-state index contributed by atoms with van der Waals surface area (Å²) in [6, 6.07) is 68.4. The molecule has 0 bridgehead atoms. The third kappa shape index (κ3) is 4.88. The Bertz CT molecular complexity index is 3110. The van der Waals surface area contributed by atoms with Crippen molar-refractivity contribution in [2.24, 2.45) is 0 Å². The Morgan fingerprint density at radius 1 is 0.436 bits per heavy atom. The van der Waals surface area contributed by atoms with Crippen LogP contribution in [0.3, 0.4) is 0 Å². The van der Waals surface area contributed by atoms with E-state index in [0.29, 0.717) is 0 Å². The standard InChI is InChI=1S/C53H37NO/c1-53(2)46-19-10-14-36-26-30-42(39-23-22-34-12-6-7-13-37(34)32-39)51(50(36)46)45-31-27-38(33-47(45)53)35-24-28-41(29-25-35)54(40-15-4-3-5-16-40)48-20-11-18-44-43-17-8-9-21-49(43)55-52(44)48/h3-33H,1-2H3. The first kappa shape index (κ1) is 31.6. The minimum absolute atomic E-state index is 0.185. The van der Waals surface area contributed by atoms with Gasteiger partial charge in [-0.3, -0.25) is 0 Å². The maximum atomic E-state index is 6.53. The number of nitrogens with zero attached hydrogens (tertiary/aromatic N) is 1. The summed E-state index contributed by atoms with van der Waals surface area (Å²) in [5.41, 5.74) is 15.0. The van der Waals surface area contributed by atoms with E-state index in [1.54, 1.807) is 0 Å². The van der Waals surface area contributed by atoms with Crippen LogP contribution in [-0.2, 0) is 5.41 Å². The van der Waals surface area contributed by atoms with Gasteiger partial charge < -0.3 is 9.32 Å². The van der Waals surface area contributed by atoms with Crippen LogP contribution in [0.2, 0.25) is 0 Å². The molecule has 0 saturated carbocycles. The molecule has 0 aliphatic heterocycles. The number of benzene rings is 9. The average molecular weight is 704 g/mol. The molecule has 10 aromatic rings. The molecule has 1 aromatic heterocycles. The van der Waals surface area contributed by atoms with Gasteiger partial charge in [0, 0.05) is 27.6 Å². The van der Waals surface area contributed by atoms with Gasteiger partial charge in [0.25, 0.3) is 0 Å². The molecule has 0 spiro atoms. The topological polar surface area (TPSA) is 16.4 Å². The van der Waals surface area contributed by atoms with Crippen molar-refractivity contribution in [1.29, 1.82) is 0 Å². The second kappa shape index (κ2) is 12.1. The van der Waals surface area contributed by atoms with Gasteiger partial charge in [0.05, 0.1) is 5.69 Å². The third-order valence-electron chi connectivity index (χ3n) is 11.8. The van der Waals surface area contributed by atoms with Crippen molar-refractivity contribution in [3.05, 3.63) is 199 Å². The number of anilines is 3. The zero-order valence-electron chi connectivity index (χ0n) is 30.8. The lowest BCUT2D eigenvalue weighted by Gasteiger charge is -2.36. The molecule has 0 atom stereocenters. The normalized spacial score (nSPS) is 13.1. The van der Waals surface area contributed by atoms with E-state index in [-0.39, 0.29) is 5.41 Å². The Morgan fingerprint density at radius 3 is 1.96 bits per heavy atom. The lowest BCUT2D eigenvalue weighted by atomic mass is 9.67. The summed E-state index contributed by atoms with van der Waals surface area (Å²) >= 11 is 0. The summed E-state index contributed by atoms with van der Waals surface area (Å²) in [7, 11) is 0. The van der Waals surface area contributed by atoms with Crippen molar-refractivity contribution >= 4 is 60.5 Å². The number of para-hydroxylation sites is 3. The van der Waals surface area contributed by atoms with E-state index in [4.69, 9.17) is 4.42 Å². The summed E-state index contributed by atoms with van der Waals surface area (Å²) < 4.78 is 6.53. The number of hydrogen-bond acceptors (Lipinski definition) is 2. The molecule has 55 heavy (non-hydrogen) atoms. The highest BCUT2D eigenvalue weighted by Crippen LogP contribution is 2.53. The first-order valence-electron chi connectivity index (χ1n) is 19.1. The van der Waals surface area contributed by atoms with Crippen LogP contribution in [0.15, 0.2) is 192 Å². The van der Waals surface area contributed by atoms with Crippen molar-refractivity contribution in [3.8, 4) is 33.4 Å². The van der Waals surface area contributed by atoms with E-state index in [0.717, 1.165) is 39.0 Å². The Balaban J connectivity index is 1.04. The molecule has 0 fully saturated rings. The van der Waals surface area contributed by atoms with Gasteiger partial charge in [-0.05, 0) is 115 Å². The van der Waals surface area contributed by atoms with Crippen LogP contribution in [-0.4, -0.2) is 0 Å². The molecule has 9 aromatic carbocycles. The average Bonchev–Trinajstić information content (AvgIpc) is 3.63. The molecule has 2 heteroatoms. The summed E-state index contributed by atoms with van der Waals surface area (Å²) in [6.45, 7) is 4.77. The zero-order chi connectivity index (χ0) is 36.7. The fourth-order valence-corrected chi connectivity index (χ4v) is 9.10. The van der Waals surface area contributed by atoms with Crippen molar-refractivity contribution in [3.63, 3.8) is 0 Å². The highest BCUT2D eigenvalue weighted by atomic mass is 16.3. The summed E-state index contributed by atoms with van der Waals surface area (Å²) in [4.78, 5) is 2.30. The number of rotatable bonds is 5. The highest BCUT2D eigenvalue weighted by molar-refractivity contribution is 6.11.